The van der Waals surface area contributed by atoms with E-state index in [9.17, 15) is 14.4 Å². The molecule has 0 radical (unpaired) electrons. The highest BCUT2D eigenvalue weighted by Crippen LogP contribution is 2.08. The number of guanidine groups is 1. The average Bonchev–Trinajstić information content (AvgIpc) is 2.90. The highest BCUT2D eigenvalue weighted by Gasteiger charge is 2.25. The maximum Gasteiger partial charge on any atom is 0.414 e. The quantitative estimate of drug-likeness (QED) is 0.186. The molecule has 0 aromatic heterocycles. The standard InChI is InChI=1S/C8H18N4O2.C5H7NO3/c1-2-14-7(13)6(9)4-3-5-12-8(10)11;7-4-2-1-3-6(4)5(8)9/h6H,2-5,9H2,1H3,(H4,10,11,12);1-3H2,(H,8,9). The van der Waals surface area contributed by atoms with E-state index in [2.05, 4.69) is 5.32 Å². The Labute approximate surface area is 134 Å². The lowest BCUT2D eigenvalue weighted by Crippen LogP contribution is -2.35. The summed E-state index contributed by atoms with van der Waals surface area (Å²) in [6, 6.07) is -0.580. The molecular weight excluding hydrogens is 306 g/mol. The van der Waals surface area contributed by atoms with Crippen molar-refractivity contribution in [2.24, 2.45) is 11.5 Å². The molecule has 1 heterocycles. The lowest BCUT2D eigenvalue weighted by atomic mass is 10.2. The van der Waals surface area contributed by atoms with Crippen LogP contribution in [0.3, 0.4) is 0 Å². The summed E-state index contributed by atoms with van der Waals surface area (Å²) in [5.41, 5.74) is 10.6. The number of hydrogen-bond acceptors (Lipinski definition) is 6. The molecule has 7 N–H and O–H groups in total. The zero-order valence-electron chi connectivity index (χ0n) is 13.2. The molecule has 1 atom stereocenters. The molecule has 132 valence electrons. The van der Waals surface area contributed by atoms with Crippen molar-refractivity contribution in [3.05, 3.63) is 0 Å². The molecular formula is C13H25N5O5. The number of hydrogen-bond donors (Lipinski definition) is 5. The number of esters is 1. The Morgan fingerprint density at radius 3 is 2.57 bits per heavy atom. The molecule has 23 heavy (non-hydrogen) atoms. The van der Waals surface area contributed by atoms with Gasteiger partial charge in [-0.1, -0.05) is 0 Å². The molecule has 10 heteroatoms. The van der Waals surface area contributed by atoms with Gasteiger partial charge in [-0.15, -0.1) is 0 Å². The smallest absolute Gasteiger partial charge is 0.414 e. The molecule has 1 aliphatic rings. The molecule has 1 unspecified atom stereocenters. The number of carboxylic acid groups (broad SMARTS) is 1. The zero-order valence-corrected chi connectivity index (χ0v) is 13.2. The first-order chi connectivity index (χ1) is 10.8. The minimum atomic E-state index is -1.13. The van der Waals surface area contributed by atoms with Gasteiger partial charge in [-0.2, -0.15) is 0 Å². The first-order valence-electron chi connectivity index (χ1n) is 7.33. The third-order valence-corrected chi connectivity index (χ3v) is 2.90. The monoisotopic (exact) mass is 331 g/mol. The second-order valence-electron chi connectivity index (χ2n) is 4.77. The Balaban J connectivity index is 0.000000459. The molecule has 1 fully saturated rings. The van der Waals surface area contributed by atoms with Crippen molar-refractivity contribution in [1.82, 2.24) is 10.2 Å². The van der Waals surface area contributed by atoms with E-state index in [0.29, 0.717) is 45.4 Å². The lowest BCUT2D eigenvalue weighted by molar-refractivity contribution is -0.144. The van der Waals surface area contributed by atoms with Crippen LogP contribution >= 0.6 is 0 Å². The number of carbonyl (C=O) groups is 3. The van der Waals surface area contributed by atoms with Crippen molar-refractivity contribution in [1.29, 1.82) is 5.41 Å². The largest absolute Gasteiger partial charge is 0.465 e. The maximum absolute atomic E-state index is 11.0. The van der Waals surface area contributed by atoms with Crippen molar-refractivity contribution in [2.75, 3.05) is 19.7 Å². The summed E-state index contributed by atoms with van der Waals surface area (Å²) in [5.74, 6) is -0.729. The molecule has 2 amide bonds. The summed E-state index contributed by atoms with van der Waals surface area (Å²) in [5, 5.41) is 17.8. The number of likely N-dealkylation sites (tertiary alicyclic amines) is 1. The number of nitrogens with two attached hydrogens (primary N) is 2. The van der Waals surface area contributed by atoms with E-state index in [1.807, 2.05) is 0 Å². The predicted octanol–water partition coefficient (Wildman–Crippen LogP) is -0.573. The highest BCUT2D eigenvalue weighted by atomic mass is 16.5. The van der Waals surface area contributed by atoms with E-state index < -0.39 is 12.1 Å². The van der Waals surface area contributed by atoms with Gasteiger partial charge in [-0.25, -0.2) is 9.69 Å². The Morgan fingerprint density at radius 2 is 2.17 bits per heavy atom. The number of rotatable bonds is 6. The van der Waals surface area contributed by atoms with E-state index in [1.54, 1.807) is 6.92 Å². The van der Waals surface area contributed by atoms with Crippen LogP contribution in [-0.4, -0.2) is 59.7 Å². The molecule has 0 bridgehead atoms. The number of imide groups is 1. The van der Waals surface area contributed by atoms with Crippen molar-refractivity contribution in [2.45, 2.75) is 38.6 Å². The van der Waals surface area contributed by atoms with Gasteiger partial charge in [0.25, 0.3) is 0 Å². The van der Waals surface area contributed by atoms with Gasteiger partial charge in [-0.3, -0.25) is 15.0 Å². The van der Waals surface area contributed by atoms with Crippen LogP contribution in [0.25, 0.3) is 0 Å². The summed E-state index contributed by atoms with van der Waals surface area (Å²) < 4.78 is 4.73. The molecule has 0 saturated carbocycles. The van der Waals surface area contributed by atoms with Gasteiger partial charge in [0.15, 0.2) is 5.96 Å². The number of nitrogens with zero attached hydrogens (tertiary/aromatic N) is 1. The topological polar surface area (TPSA) is 172 Å². The number of nitrogens with one attached hydrogen (secondary N) is 2. The van der Waals surface area contributed by atoms with E-state index >= 15 is 0 Å². The first-order valence-corrected chi connectivity index (χ1v) is 7.33. The number of amides is 2. The summed E-state index contributed by atoms with van der Waals surface area (Å²) in [6.07, 6.45) is 1.13. The normalized spacial score (nSPS) is 14.5. The highest BCUT2D eigenvalue weighted by molar-refractivity contribution is 5.92. The molecule has 10 nitrogen and oxygen atoms in total. The minimum absolute atomic E-state index is 0.0743. The van der Waals surface area contributed by atoms with Crippen LogP contribution < -0.4 is 16.8 Å². The van der Waals surface area contributed by atoms with Crippen LogP contribution in [0.15, 0.2) is 0 Å². The zero-order chi connectivity index (χ0) is 17.8. The fraction of sp³-hybridized carbons (Fsp3) is 0.692. The Morgan fingerprint density at radius 1 is 1.52 bits per heavy atom. The molecule has 1 aliphatic heterocycles. The number of ether oxygens (including phenoxy) is 1. The second kappa shape index (κ2) is 11.2. The lowest BCUT2D eigenvalue weighted by Gasteiger charge is -2.10. The molecule has 0 aliphatic carbocycles. The Kier molecular flexibility index (Phi) is 10.1. The first kappa shape index (κ1) is 20.6. The minimum Gasteiger partial charge on any atom is -0.465 e. The SMILES string of the molecule is CCOC(=O)C(N)CCCNC(=N)N.O=C(O)N1CCCC1=O. The second-order valence-corrected chi connectivity index (χ2v) is 4.77. The predicted molar refractivity (Wildman–Crippen MR) is 82.7 cm³/mol. The Hall–Kier alpha value is -2.36. The van der Waals surface area contributed by atoms with E-state index in [4.69, 9.17) is 26.7 Å². The fourth-order valence-corrected chi connectivity index (χ4v) is 1.76. The molecule has 0 aromatic carbocycles. The molecule has 0 spiro atoms. The van der Waals surface area contributed by atoms with Gasteiger partial charge in [0.05, 0.1) is 6.61 Å². The van der Waals surface area contributed by atoms with Crippen molar-refractivity contribution in [3.8, 4) is 0 Å². The summed E-state index contributed by atoms with van der Waals surface area (Å²) >= 11 is 0. The summed E-state index contributed by atoms with van der Waals surface area (Å²) in [7, 11) is 0. The van der Waals surface area contributed by atoms with Crippen molar-refractivity contribution >= 4 is 23.9 Å². The fourth-order valence-electron chi connectivity index (χ4n) is 1.76. The molecule has 1 rings (SSSR count). The van der Waals surface area contributed by atoms with Gasteiger partial charge in [0.1, 0.15) is 6.04 Å². The van der Waals surface area contributed by atoms with Crippen molar-refractivity contribution < 1.29 is 24.2 Å². The third-order valence-electron chi connectivity index (χ3n) is 2.90. The van der Waals surface area contributed by atoms with Gasteiger partial charge in [0.2, 0.25) is 5.91 Å². The van der Waals surface area contributed by atoms with Crippen LogP contribution in [0.4, 0.5) is 4.79 Å². The van der Waals surface area contributed by atoms with Gasteiger partial charge in [0, 0.05) is 19.5 Å². The number of carbonyl (C=O) groups excluding carboxylic acids is 2. The van der Waals surface area contributed by atoms with Crippen LogP contribution in [0, 0.1) is 5.41 Å². The van der Waals surface area contributed by atoms with Crippen LogP contribution in [-0.2, 0) is 14.3 Å². The molecule has 1 saturated heterocycles. The van der Waals surface area contributed by atoms with Gasteiger partial charge in [-0.05, 0) is 26.2 Å². The Bertz CT molecular complexity index is 429. The average molecular weight is 331 g/mol. The van der Waals surface area contributed by atoms with E-state index in [-0.39, 0.29) is 17.8 Å². The van der Waals surface area contributed by atoms with Gasteiger partial charge >= 0.3 is 12.1 Å². The van der Waals surface area contributed by atoms with Crippen LogP contribution in [0.1, 0.15) is 32.6 Å². The van der Waals surface area contributed by atoms with E-state index in [1.165, 1.54) is 0 Å². The van der Waals surface area contributed by atoms with Gasteiger partial charge < -0.3 is 26.6 Å². The van der Waals surface area contributed by atoms with Crippen molar-refractivity contribution in [3.63, 3.8) is 0 Å². The third kappa shape index (κ3) is 9.30. The van der Waals surface area contributed by atoms with Crippen LogP contribution in [0.5, 0.6) is 0 Å². The summed E-state index contributed by atoms with van der Waals surface area (Å²) in [6.45, 7) is 3.00. The molecule has 0 aromatic rings. The van der Waals surface area contributed by atoms with E-state index in [0.717, 1.165) is 4.90 Å². The van der Waals surface area contributed by atoms with Crippen LogP contribution in [0.2, 0.25) is 0 Å². The summed E-state index contributed by atoms with van der Waals surface area (Å²) in [4.78, 5) is 32.6. The maximum atomic E-state index is 11.0.